The van der Waals surface area contributed by atoms with E-state index in [4.69, 9.17) is 4.74 Å². The van der Waals surface area contributed by atoms with E-state index >= 15 is 0 Å². The van der Waals surface area contributed by atoms with Gasteiger partial charge < -0.3 is 9.64 Å². The molecule has 0 N–H and O–H groups in total. The minimum Gasteiger partial charge on any atom is -0.383 e. The Morgan fingerprint density at radius 3 is 2.48 bits per heavy atom. The van der Waals surface area contributed by atoms with Gasteiger partial charge in [-0.25, -0.2) is 0 Å². The van der Waals surface area contributed by atoms with Gasteiger partial charge in [0.05, 0.1) is 6.61 Å². The van der Waals surface area contributed by atoms with Crippen molar-refractivity contribution in [2.45, 2.75) is 26.3 Å². The number of rotatable bonds is 6. The van der Waals surface area contributed by atoms with Crippen molar-refractivity contribution in [1.82, 2.24) is 9.80 Å². The lowest BCUT2D eigenvalue weighted by atomic mass is 10.1. The van der Waals surface area contributed by atoms with Crippen LogP contribution in [0.1, 0.15) is 24.5 Å². The standard InChI is InChI=1S/C17H26N2O2/c1-3-15-4-6-16(7-5-15)14-18-9-8-17(20)19(11-10-18)12-13-21-2/h4-7H,3,8-14H2,1-2H3. The summed E-state index contributed by atoms with van der Waals surface area (Å²) < 4.78 is 5.07. The van der Waals surface area contributed by atoms with E-state index in [-0.39, 0.29) is 5.91 Å². The minimum absolute atomic E-state index is 0.246. The molecule has 21 heavy (non-hydrogen) atoms. The highest BCUT2D eigenvalue weighted by atomic mass is 16.5. The Morgan fingerprint density at radius 1 is 1.10 bits per heavy atom. The number of benzene rings is 1. The number of methoxy groups -OCH3 is 1. The quantitative estimate of drug-likeness (QED) is 0.802. The number of hydrogen-bond acceptors (Lipinski definition) is 3. The molecule has 0 spiro atoms. The molecule has 2 rings (SSSR count). The van der Waals surface area contributed by atoms with E-state index in [2.05, 4.69) is 36.1 Å². The largest absolute Gasteiger partial charge is 0.383 e. The fraction of sp³-hybridized carbons (Fsp3) is 0.588. The number of nitrogens with zero attached hydrogens (tertiary/aromatic N) is 2. The Kier molecular flexibility index (Phi) is 6.21. The van der Waals surface area contributed by atoms with E-state index in [1.54, 1.807) is 7.11 Å². The van der Waals surface area contributed by atoms with Crippen molar-refractivity contribution in [2.24, 2.45) is 0 Å². The zero-order valence-electron chi connectivity index (χ0n) is 13.2. The maximum absolute atomic E-state index is 12.0. The zero-order chi connectivity index (χ0) is 15.1. The van der Waals surface area contributed by atoms with Crippen LogP contribution in [0.2, 0.25) is 0 Å². The molecule has 0 bridgehead atoms. The molecule has 0 aliphatic carbocycles. The molecule has 4 nitrogen and oxygen atoms in total. The van der Waals surface area contributed by atoms with Gasteiger partial charge >= 0.3 is 0 Å². The van der Waals surface area contributed by atoms with Crippen molar-refractivity contribution in [1.29, 1.82) is 0 Å². The molecule has 1 saturated heterocycles. The first-order valence-electron chi connectivity index (χ1n) is 7.79. The highest BCUT2D eigenvalue weighted by Gasteiger charge is 2.20. The first kappa shape index (κ1) is 16.0. The fourth-order valence-electron chi connectivity index (χ4n) is 2.65. The van der Waals surface area contributed by atoms with Gasteiger partial charge in [0.25, 0.3) is 0 Å². The molecule has 0 unspecified atom stereocenters. The lowest BCUT2D eigenvalue weighted by molar-refractivity contribution is -0.130. The van der Waals surface area contributed by atoms with Gasteiger partial charge in [0, 0.05) is 46.3 Å². The van der Waals surface area contributed by atoms with Crippen LogP contribution in [0.4, 0.5) is 0 Å². The van der Waals surface area contributed by atoms with Gasteiger partial charge in [0.2, 0.25) is 5.91 Å². The predicted octanol–water partition coefficient (Wildman–Crippen LogP) is 1.93. The number of carbonyl (C=O) groups is 1. The van der Waals surface area contributed by atoms with Crippen LogP contribution in [0.3, 0.4) is 0 Å². The average Bonchev–Trinajstić information content (AvgIpc) is 2.68. The third-order valence-corrected chi connectivity index (χ3v) is 4.08. The second-order valence-electron chi connectivity index (χ2n) is 5.57. The van der Waals surface area contributed by atoms with Crippen molar-refractivity contribution in [3.8, 4) is 0 Å². The van der Waals surface area contributed by atoms with Crippen LogP contribution in [-0.2, 0) is 22.5 Å². The molecule has 0 aromatic heterocycles. The van der Waals surface area contributed by atoms with Crippen LogP contribution < -0.4 is 0 Å². The minimum atomic E-state index is 0.246. The van der Waals surface area contributed by atoms with E-state index in [1.807, 2.05) is 4.90 Å². The van der Waals surface area contributed by atoms with Crippen LogP contribution in [0.15, 0.2) is 24.3 Å². The SMILES string of the molecule is CCc1ccc(CN2CCC(=O)N(CCOC)CC2)cc1. The molecule has 1 aliphatic heterocycles. The summed E-state index contributed by atoms with van der Waals surface area (Å²) >= 11 is 0. The lowest BCUT2D eigenvalue weighted by Crippen LogP contribution is -2.35. The van der Waals surface area contributed by atoms with Crippen molar-refractivity contribution in [3.63, 3.8) is 0 Å². The van der Waals surface area contributed by atoms with Crippen LogP contribution in [0.5, 0.6) is 0 Å². The Hall–Kier alpha value is -1.39. The van der Waals surface area contributed by atoms with E-state index < -0.39 is 0 Å². The summed E-state index contributed by atoms with van der Waals surface area (Å²) in [7, 11) is 1.68. The maximum atomic E-state index is 12.0. The number of hydrogen-bond donors (Lipinski definition) is 0. The smallest absolute Gasteiger partial charge is 0.223 e. The Balaban J connectivity index is 1.88. The highest BCUT2D eigenvalue weighted by Crippen LogP contribution is 2.11. The molecule has 1 aromatic carbocycles. The number of aryl methyl sites for hydroxylation is 1. The van der Waals surface area contributed by atoms with Crippen LogP contribution >= 0.6 is 0 Å². The first-order chi connectivity index (χ1) is 10.2. The topological polar surface area (TPSA) is 32.8 Å². The molecule has 1 aromatic rings. The maximum Gasteiger partial charge on any atom is 0.223 e. The van der Waals surface area contributed by atoms with Crippen molar-refractivity contribution in [2.75, 3.05) is 39.9 Å². The van der Waals surface area contributed by atoms with Gasteiger partial charge in [-0.05, 0) is 17.5 Å². The summed E-state index contributed by atoms with van der Waals surface area (Å²) in [6.07, 6.45) is 1.68. The summed E-state index contributed by atoms with van der Waals surface area (Å²) in [6.45, 7) is 7.00. The van der Waals surface area contributed by atoms with Crippen molar-refractivity contribution >= 4 is 5.91 Å². The van der Waals surface area contributed by atoms with Gasteiger partial charge in [0.1, 0.15) is 0 Å². The second kappa shape index (κ2) is 8.15. The van der Waals surface area contributed by atoms with Gasteiger partial charge in [-0.3, -0.25) is 9.69 Å². The lowest BCUT2D eigenvalue weighted by Gasteiger charge is -2.22. The Labute approximate surface area is 127 Å². The third-order valence-electron chi connectivity index (χ3n) is 4.08. The molecule has 1 fully saturated rings. The Bertz CT molecular complexity index is 445. The predicted molar refractivity (Wildman–Crippen MR) is 84.2 cm³/mol. The summed E-state index contributed by atoms with van der Waals surface area (Å²) in [5, 5.41) is 0. The average molecular weight is 290 g/mol. The first-order valence-corrected chi connectivity index (χ1v) is 7.79. The monoisotopic (exact) mass is 290 g/mol. The molecule has 0 radical (unpaired) electrons. The molecular formula is C17H26N2O2. The third kappa shape index (κ3) is 4.83. The number of amides is 1. The van der Waals surface area contributed by atoms with E-state index in [1.165, 1.54) is 11.1 Å². The Morgan fingerprint density at radius 2 is 1.81 bits per heavy atom. The van der Waals surface area contributed by atoms with Gasteiger partial charge in [-0.1, -0.05) is 31.2 Å². The van der Waals surface area contributed by atoms with Crippen LogP contribution in [0.25, 0.3) is 0 Å². The highest BCUT2D eigenvalue weighted by molar-refractivity contribution is 5.76. The van der Waals surface area contributed by atoms with Gasteiger partial charge in [0.15, 0.2) is 0 Å². The molecule has 1 aliphatic rings. The fourth-order valence-corrected chi connectivity index (χ4v) is 2.65. The van der Waals surface area contributed by atoms with Crippen molar-refractivity contribution in [3.05, 3.63) is 35.4 Å². The van der Waals surface area contributed by atoms with Crippen LogP contribution in [-0.4, -0.2) is 55.6 Å². The molecule has 116 valence electrons. The van der Waals surface area contributed by atoms with Crippen LogP contribution in [0, 0.1) is 0 Å². The summed E-state index contributed by atoms with van der Waals surface area (Å²) in [4.78, 5) is 16.3. The number of carbonyl (C=O) groups excluding carboxylic acids is 1. The zero-order valence-corrected chi connectivity index (χ0v) is 13.2. The molecule has 4 heteroatoms. The summed E-state index contributed by atoms with van der Waals surface area (Å²) in [5.41, 5.74) is 2.69. The van der Waals surface area contributed by atoms with E-state index in [0.29, 0.717) is 19.6 Å². The molecule has 0 saturated carbocycles. The summed E-state index contributed by atoms with van der Waals surface area (Å²) in [5.74, 6) is 0.246. The van der Waals surface area contributed by atoms with Crippen molar-refractivity contribution < 1.29 is 9.53 Å². The molecule has 0 atom stereocenters. The second-order valence-corrected chi connectivity index (χ2v) is 5.57. The number of ether oxygens (including phenoxy) is 1. The molecule has 1 amide bonds. The molecule has 1 heterocycles. The van der Waals surface area contributed by atoms with Gasteiger partial charge in [-0.2, -0.15) is 0 Å². The normalized spacial score (nSPS) is 17.0. The van der Waals surface area contributed by atoms with Gasteiger partial charge in [-0.15, -0.1) is 0 Å². The van der Waals surface area contributed by atoms with E-state index in [9.17, 15) is 4.79 Å². The van der Waals surface area contributed by atoms with E-state index in [0.717, 1.165) is 32.6 Å². The molecular weight excluding hydrogens is 264 g/mol. The summed E-state index contributed by atoms with van der Waals surface area (Å²) in [6, 6.07) is 8.80.